The molecule has 1 aliphatic heterocycles. The van der Waals surface area contributed by atoms with Crippen LogP contribution in [0.25, 0.3) is 10.8 Å². The highest BCUT2D eigenvalue weighted by molar-refractivity contribution is 6.00. The molecule has 0 saturated carbocycles. The Hall–Kier alpha value is -2.03. The molecule has 4 rings (SSSR count). The standard InChI is InChI=1S/C21H26N2O/c1-14-10-12-23(13-11-14)21(24)15(2)22-19-9-8-17-7-6-16-4-3-5-18(19)20(16)17/h3-5,8-9,14-15,22H,6-7,10-13H2,1-2H3. The number of benzene rings is 2. The van der Waals surface area contributed by atoms with Crippen LogP contribution in [0.3, 0.4) is 0 Å². The van der Waals surface area contributed by atoms with Crippen molar-refractivity contribution in [2.24, 2.45) is 5.92 Å². The number of hydrogen-bond donors (Lipinski definition) is 1. The van der Waals surface area contributed by atoms with Gasteiger partial charge in [0.15, 0.2) is 0 Å². The van der Waals surface area contributed by atoms with Gasteiger partial charge in [0, 0.05) is 24.2 Å². The van der Waals surface area contributed by atoms with Gasteiger partial charge in [-0.25, -0.2) is 0 Å². The van der Waals surface area contributed by atoms with Crippen LogP contribution < -0.4 is 5.32 Å². The van der Waals surface area contributed by atoms with E-state index in [4.69, 9.17) is 0 Å². The highest BCUT2D eigenvalue weighted by atomic mass is 16.2. The molecule has 2 aromatic carbocycles. The fourth-order valence-corrected chi connectivity index (χ4v) is 4.17. The molecule has 0 radical (unpaired) electrons. The zero-order valence-electron chi connectivity index (χ0n) is 14.6. The van der Waals surface area contributed by atoms with Crippen molar-refractivity contribution in [1.82, 2.24) is 4.90 Å². The van der Waals surface area contributed by atoms with E-state index < -0.39 is 0 Å². The molecule has 1 amide bonds. The summed E-state index contributed by atoms with van der Waals surface area (Å²) in [4.78, 5) is 14.8. The third-order valence-corrected chi connectivity index (χ3v) is 5.71. The van der Waals surface area contributed by atoms with Crippen LogP contribution in [0.15, 0.2) is 30.3 Å². The molecule has 126 valence electrons. The van der Waals surface area contributed by atoms with Gasteiger partial charge >= 0.3 is 0 Å². The van der Waals surface area contributed by atoms with Crippen LogP contribution >= 0.6 is 0 Å². The van der Waals surface area contributed by atoms with E-state index in [1.54, 1.807) is 0 Å². The summed E-state index contributed by atoms with van der Waals surface area (Å²) >= 11 is 0. The Morgan fingerprint density at radius 3 is 2.58 bits per heavy atom. The summed E-state index contributed by atoms with van der Waals surface area (Å²) in [6.07, 6.45) is 4.52. The first-order valence-electron chi connectivity index (χ1n) is 9.22. The van der Waals surface area contributed by atoms with Crippen molar-refractivity contribution in [1.29, 1.82) is 0 Å². The molecular weight excluding hydrogens is 296 g/mol. The molecule has 1 heterocycles. The Balaban J connectivity index is 1.55. The van der Waals surface area contributed by atoms with Crippen molar-refractivity contribution < 1.29 is 4.79 Å². The van der Waals surface area contributed by atoms with E-state index in [2.05, 4.69) is 42.6 Å². The number of anilines is 1. The summed E-state index contributed by atoms with van der Waals surface area (Å²) in [5, 5.41) is 6.14. The quantitative estimate of drug-likeness (QED) is 0.926. The predicted octanol–water partition coefficient (Wildman–Crippen LogP) is 4.00. The maximum atomic E-state index is 12.8. The van der Waals surface area contributed by atoms with Crippen LogP contribution in [0, 0.1) is 5.92 Å². The van der Waals surface area contributed by atoms with Crippen molar-refractivity contribution in [3.05, 3.63) is 41.5 Å². The summed E-state index contributed by atoms with van der Waals surface area (Å²) < 4.78 is 0. The Kier molecular flexibility index (Phi) is 3.95. The average Bonchev–Trinajstić information content (AvgIpc) is 3.02. The average molecular weight is 322 g/mol. The number of likely N-dealkylation sites (tertiary alicyclic amines) is 1. The van der Waals surface area contributed by atoms with Crippen molar-refractivity contribution >= 4 is 22.4 Å². The number of hydrogen-bond acceptors (Lipinski definition) is 2. The molecule has 3 heteroatoms. The van der Waals surface area contributed by atoms with Crippen LogP contribution in [0.1, 0.15) is 37.8 Å². The Labute approximate surface area is 144 Å². The molecule has 0 bridgehead atoms. The second kappa shape index (κ2) is 6.12. The topological polar surface area (TPSA) is 32.3 Å². The molecule has 1 atom stereocenters. The van der Waals surface area contributed by atoms with Gasteiger partial charge in [-0.2, -0.15) is 0 Å². The van der Waals surface area contributed by atoms with Gasteiger partial charge in [-0.05, 0) is 61.1 Å². The van der Waals surface area contributed by atoms with Gasteiger partial charge in [-0.1, -0.05) is 31.2 Å². The van der Waals surface area contributed by atoms with E-state index >= 15 is 0 Å². The van der Waals surface area contributed by atoms with Gasteiger partial charge in [0.1, 0.15) is 6.04 Å². The van der Waals surface area contributed by atoms with Crippen LogP contribution in [-0.2, 0) is 17.6 Å². The number of nitrogens with zero attached hydrogens (tertiary/aromatic N) is 1. The zero-order valence-corrected chi connectivity index (χ0v) is 14.6. The lowest BCUT2D eigenvalue weighted by Gasteiger charge is -2.32. The van der Waals surface area contributed by atoms with Gasteiger partial charge < -0.3 is 10.2 Å². The molecule has 1 saturated heterocycles. The predicted molar refractivity (Wildman–Crippen MR) is 99.4 cm³/mol. The van der Waals surface area contributed by atoms with Crippen molar-refractivity contribution in [2.75, 3.05) is 18.4 Å². The normalized spacial score (nSPS) is 18.8. The molecule has 3 nitrogen and oxygen atoms in total. The number of carbonyl (C=O) groups excluding carboxylic acids is 1. The molecule has 0 spiro atoms. The fourth-order valence-electron chi connectivity index (χ4n) is 4.17. The van der Waals surface area contributed by atoms with Crippen LogP contribution in [-0.4, -0.2) is 29.9 Å². The van der Waals surface area contributed by atoms with Gasteiger partial charge in [0.05, 0.1) is 0 Å². The molecular formula is C21H26N2O. The smallest absolute Gasteiger partial charge is 0.244 e. The first kappa shape index (κ1) is 15.5. The SMILES string of the molecule is CC1CCN(C(=O)C(C)Nc2ccc3c4c(cccc24)CC3)CC1. The van der Waals surface area contributed by atoms with E-state index in [9.17, 15) is 4.79 Å². The molecule has 1 N–H and O–H groups in total. The van der Waals surface area contributed by atoms with Crippen molar-refractivity contribution in [3.63, 3.8) is 0 Å². The van der Waals surface area contributed by atoms with Crippen LogP contribution in [0.5, 0.6) is 0 Å². The first-order valence-corrected chi connectivity index (χ1v) is 9.22. The van der Waals surface area contributed by atoms with Crippen molar-refractivity contribution in [2.45, 2.75) is 45.6 Å². The molecule has 1 aliphatic carbocycles. The lowest BCUT2D eigenvalue weighted by Crippen LogP contribution is -2.45. The number of amides is 1. The summed E-state index contributed by atoms with van der Waals surface area (Å²) in [7, 11) is 0. The van der Waals surface area contributed by atoms with Gasteiger partial charge in [0.25, 0.3) is 0 Å². The Morgan fingerprint density at radius 1 is 1.12 bits per heavy atom. The Bertz CT molecular complexity index is 764. The summed E-state index contributed by atoms with van der Waals surface area (Å²) in [6.45, 7) is 6.06. The van der Waals surface area contributed by atoms with Crippen molar-refractivity contribution in [3.8, 4) is 0 Å². The van der Waals surface area contributed by atoms with Gasteiger partial charge in [-0.3, -0.25) is 4.79 Å². The van der Waals surface area contributed by atoms with Crippen LogP contribution in [0.4, 0.5) is 5.69 Å². The van der Waals surface area contributed by atoms with Gasteiger partial charge in [-0.15, -0.1) is 0 Å². The minimum absolute atomic E-state index is 0.183. The second-order valence-corrected chi connectivity index (χ2v) is 7.49. The lowest BCUT2D eigenvalue weighted by molar-refractivity contribution is -0.132. The fraction of sp³-hybridized carbons (Fsp3) is 0.476. The highest BCUT2D eigenvalue weighted by Gasteiger charge is 2.25. The largest absolute Gasteiger partial charge is 0.373 e. The number of rotatable bonds is 3. The highest BCUT2D eigenvalue weighted by Crippen LogP contribution is 2.35. The molecule has 24 heavy (non-hydrogen) atoms. The molecule has 2 aliphatic rings. The Morgan fingerprint density at radius 2 is 1.83 bits per heavy atom. The number of carbonyl (C=O) groups is 1. The lowest BCUT2D eigenvalue weighted by atomic mass is 9.98. The minimum atomic E-state index is -0.183. The number of aryl methyl sites for hydroxylation is 2. The molecule has 1 fully saturated rings. The third kappa shape index (κ3) is 2.66. The maximum absolute atomic E-state index is 12.8. The third-order valence-electron chi connectivity index (χ3n) is 5.71. The number of nitrogens with one attached hydrogen (secondary N) is 1. The molecule has 0 aromatic heterocycles. The monoisotopic (exact) mass is 322 g/mol. The maximum Gasteiger partial charge on any atom is 0.244 e. The van der Waals surface area contributed by atoms with E-state index in [1.165, 1.54) is 21.9 Å². The van der Waals surface area contributed by atoms with Crippen LogP contribution in [0.2, 0.25) is 0 Å². The minimum Gasteiger partial charge on any atom is -0.373 e. The summed E-state index contributed by atoms with van der Waals surface area (Å²) in [5.74, 6) is 0.971. The molecule has 2 aromatic rings. The summed E-state index contributed by atoms with van der Waals surface area (Å²) in [6, 6.07) is 10.7. The number of piperidine rings is 1. The van der Waals surface area contributed by atoms with E-state index in [0.717, 1.165) is 50.4 Å². The van der Waals surface area contributed by atoms with E-state index in [-0.39, 0.29) is 11.9 Å². The van der Waals surface area contributed by atoms with E-state index in [0.29, 0.717) is 0 Å². The first-order chi connectivity index (χ1) is 11.6. The zero-order chi connectivity index (χ0) is 16.7. The molecule has 1 unspecified atom stereocenters. The summed E-state index contributed by atoms with van der Waals surface area (Å²) in [5.41, 5.74) is 3.97. The van der Waals surface area contributed by atoms with E-state index in [1.807, 2.05) is 11.8 Å². The van der Waals surface area contributed by atoms with Gasteiger partial charge in [0.2, 0.25) is 5.91 Å². The second-order valence-electron chi connectivity index (χ2n) is 7.49.